The van der Waals surface area contributed by atoms with Gasteiger partial charge in [0, 0.05) is 37.6 Å². The van der Waals surface area contributed by atoms with Crippen LogP contribution in [0.4, 0.5) is 0 Å². The number of fused-ring (bicyclic) bond motifs is 1. The van der Waals surface area contributed by atoms with Gasteiger partial charge >= 0.3 is 0 Å². The molecule has 4 rings (SSSR count). The fraction of sp³-hybridized carbons (Fsp3) is 0.300. The topological polar surface area (TPSA) is 37.6 Å². The van der Waals surface area contributed by atoms with Crippen molar-refractivity contribution >= 4 is 11.6 Å². The SMILES string of the molecule is O=C(c1ccc2ncc(Cc3ccccc3)n2c1)N1CCCCC1. The molecular weight excluding hydrogens is 298 g/mol. The van der Waals surface area contributed by atoms with E-state index in [4.69, 9.17) is 0 Å². The first-order valence-electron chi connectivity index (χ1n) is 8.60. The minimum atomic E-state index is 0.135. The third-order valence-electron chi connectivity index (χ3n) is 4.70. The minimum Gasteiger partial charge on any atom is -0.339 e. The van der Waals surface area contributed by atoms with E-state index in [1.54, 1.807) is 0 Å². The smallest absolute Gasteiger partial charge is 0.255 e. The van der Waals surface area contributed by atoms with Gasteiger partial charge in [0.2, 0.25) is 0 Å². The zero-order chi connectivity index (χ0) is 16.4. The second-order valence-corrected chi connectivity index (χ2v) is 6.41. The molecule has 1 saturated heterocycles. The molecule has 0 bridgehead atoms. The lowest BCUT2D eigenvalue weighted by molar-refractivity contribution is 0.0724. The number of amides is 1. The van der Waals surface area contributed by atoms with Crippen LogP contribution < -0.4 is 0 Å². The van der Waals surface area contributed by atoms with E-state index >= 15 is 0 Å². The maximum Gasteiger partial charge on any atom is 0.255 e. The fourth-order valence-electron chi connectivity index (χ4n) is 3.37. The summed E-state index contributed by atoms with van der Waals surface area (Å²) in [4.78, 5) is 19.2. The first-order chi connectivity index (χ1) is 11.8. The highest BCUT2D eigenvalue weighted by atomic mass is 16.2. The Labute approximate surface area is 141 Å². The summed E-state index contributed by atoms with van der Waals surface area (Å²) in [6.45, 7) is 1.75. The molecular formula is C20H21N3O. The predicted octanol–water partition coefficient (Wildman–Crippen LogP) is 3.55. The maximum atomic E-state index is 12.7. The van der Waals surface area contributed by atoms with Gasteiger partial charge in [0.1, 0.15) is 5.65 Å². The molecule has 0 unspecified atom stereocenters. The number of pyridine rings is 1. The third-order valence-corrected chi connectivity index (χ3v) is 4.70. The Balaban J connectivity index is 1.64. The number of imidazole rings is 1. The Bertz CT molecular complexity index is 848. The van der Waals surface area contributed by atoms with Crippen molar-refractivity contribution < 1.29 is 4.79 Å². The molecule has 0 aliphatic carbocycles. The summed E-state index contributed by atoms with van der Waals surface area (Å²) in [5.41, 5.74) is 3.98. The molecule has 2 aromatic heterocycles. The second-order valence-electron chi connectivity index (χ2n) is 6.41. The van der Waals surface area contributed by atoms with Gasteiger partial charge in [-0.05, 0) is 37.0 Å². The number of hydrogen-bond acceptors (Lipinski definition) is 2. The molecule has 1 amide bonds. The molecule has 0 radical (unpaired) electrons. The van der Waals surface area contributed by atoms with E-state index in [1.165, 1.54) is 12.0 Å². The van der Waals surface area contributed by atoms with E-state index in [1.807, 2.05) is 52.0 Å². The van der Waals surface area contributed by atoms with Crippen molar-refractivity contribution in [2.45, 2.75) is 25.7 Å². The van der Waals surface area contributed by atoms with Gasteiger partial charge in [-0.3, -0.25) is 4.79 Å². The summed E-state index contributed by atoms with van der Waals surface area (Å²) in [6.07, 6.45) is 8.10. The van der Waals surface area contributed by atoms with Crippen molar-refractivity contribution in [2.24, 2.45) is 0 Å². The largest absolute Gasteiger partial charge is 0.339 e. The standard InChI is InChI=1S/C20H21N3O/c24-20(22-11-5-2-6-12-22)17-9-10-19-21-14-18(23(19)15-17)13-16-7-3-1-4-8-16/h1,3-4,7-10,14-15H,2,5-6,11-13H2. The highest BCUT2D eigenvalue weighted by Gasteiger charge is 2.19. The van der Waals surface area contributed by atoms with E-state index in [9.17, 15) is 4.79 Å². The van der Waals surface area contributed by atoms with E-state index in [0.717, 1.165) is 49.3 Å². The molecule has 1 aromatic carbocycles. The van der Waals surface area contributed by atoms with Crippen LogP contribution in [0.3, 0.4) is 0 Å². The lowest BCUT2D eigenvalue weighted by Gasteiger charge is -2.26. The van der Waals surface area contributed by atoms with Crippen molar-refractivity contribution in [2.75, 3.05) is 13.1 Å². The van der Waals surface area contributed by atoms with Crippen LogP contribution in [0, 0.1) is 0 Å². The number of carbonyl (C=O) groups excluding carboxylic acids is 1. The van der Waals surface area contributed by atoms with Crippen LogP contribution in [0.15, 0.2) is 54.9 Å². The number of likely N-dealkylation sites (tertiary alicyclic amines) is 1. The molecule has 0 N–H and O–H groups in total. The molecule has 24 heavy (non-hydrogen) atoms. The number of nitrogens with zero attached hydrogens (tertiary/aromatic N) is 3. The minimum absolute atomic E-state index is 0.135. The first-order valence-corrected chi connectivity index (χ1v) is 8.60. The van der Waals surface area contributed by atoms with Gasteiger partial charge in [0.15, 0.2) is 0 Å². The molecule has 1 aliphatic heterocycles. The molecule has 3 aromatic rings. The van der Waals surface area contributed by atoms with Crippen LogP contribution in [0.1, 0.15) is 40.9 Å². The van der Waals surface area contributed by atoms with Gasteiger partial charge in [0.25, 0.3) is 5.91 Å². The number of carbonyl (C=O) groups is 1. The molecule has 4 nitrogen and oxygen atoms in total. The Kier molecular flexibility index (Phi) is 4.03. The number of hydrogen-bond donors (Lipinski definition) is 0. The maximum absolute atomic E-state index is 12.7. The first kappa shape index (κ1) is 14.9. The molecule has 0 atom stereocenters. The Morgan fingerprint density at radius 3 is 2.58 bits per heavy atom. The summed E-state index contributed by atoms with van der Waals surface area (Å²) >= 11 is 0. The lowest BCUT2D eigenvalue weighted by Crippen LogP contribution is -2.35. The average molecular weight is 319 g/mol. The summed E-state index contributed by atoms with van der Waals surface area (Å²) in [5.74, 6) is 0.135. The predicted molar refractivity (Wildman–Crippen MR) is 94.2 cm³/mol. The summed E-state index contributed by atoms with van der Waals surface area (Å²) in [7, 11) is 0. The number of rotatable bonds is 3. The zero-order valence-electron chi connectivity index (χ0n) is 13.7. The highest BCUT2D eigenvalue weighted by molar-refractivity contribution is 5.94. The van der Waals surface area contributed by atoms with Gasteiger partial charge < -0.3 is 9.30 Å². The molecule has 0 saturated carbocycles. The van der Waals surface area contributed by atoms with Gasteiger partial charge in [-0.15, -0.1) is 0 Å². The van der Waals surface area contributed by atoms with Crippen LogP contribution in [-0.2, 0) is 6.42 Å². The van der Waals surface area contributed by atoms with Crippen molar-refractivity contribution in [3.05, 3.63) is 71.7 Å². The van der Waals surface area contributed by atoms with Crippen LogP contribution in [-0.4, -0.2) is 33.3 Å². The molecule has 122 valence electrons. The van der Waals surface area contributed by atoms with Crippen LogP contribution in [0.25, 0.3) is 5.65 Å². The molecule has 1 aliphatic rings. The Hall–Kier alpha value is -2.62. The van der Waals surface area contributed by atoms with Crippen molar-refractivity contribution in [3.63, 3.8) is 0 Å². The molecule has 4 heteroatoms. The number of piperidine rings is 1. The summed E-state index contributed by atoms with van der Waals surface area (Å²) < 4.78 is 2.05. The summed E-state index contributed by atoms with van der Waals surface area (Å²) in [6, 6.07) is 14.2. The highest BCUT2D eigenvalue weighted by Crippen LogP contribution is 2.17. The fourth-order valence-corrected chi connectivity index (χ4v) is 3.37. The Morgan fingerprint density at radius 2 is 1.79 bits per heavy atom. The third kappa shape index (κ3) is 2.92. The number of aromatic nitrogens is 2. The monoisotopic (exact) mass is 319 g/mol. The van der Waals surface area contributed by atoms with Gasteiger partial charge in [-0.1, -0.05) is 30.3 Å². The van der Waals surface area contributed by atoms with Crippen LogP contribution in [0.2, 0.25) is 0 Å². The lowest BCUT2D eigenvalue weighted by atomic mass is 10.1. The van der Waals surface area contributed by atoms with Crippen molar-refractivity contribution in [1.29, 1.82) is 0 Å². The average Bonchev–Trinajstić information content (AvgIpc) is 3.05. The zero-order valence-corrected chi connectivity index (χ0v) is 13.7. The van der Waals surface area contributed by atoms with E-state index < -0.39 is 0 Å². The quantitative estimate of drug-likeness (QED) is 0.740. The van der Waals surface area contributed by atoms with Crippen molar-refractivity contribution in [3.8, 4) is 0 Å². The molecule has 1 fully saturated rings. The molecule has 3 heterocycles. The van der Waals surface area contributed by atoms with E-state index in [-0.39, 0.29) is 5.91 Å². The van der Waals surface area contributed by atoms with Gasteiger partial charge in [-0.2, -0.15) is 0 Å². The molecule has 0 spiro atoms. The van der Waals surface area contributed by atoms with Gasteiger partial charge in [0.05, 0.1) is 5.56 Å². The van der Waals surface area contributed by atoms with Crippen LogP contribution >= 0.6 is 0 Å². The Morgan fingerprint density at radius 1 is 1.00 bits per heavy atom. The van der Waals surface area contributed by atoms with E-state index in [0.29, 0.717) is 0 Å². The van der Waals surface area contributed by atoms with Crippen molar-refractivity contribution in [1.82, 2.24) is 14.3 Å². The summed E-state index contributed by atoms with van der Waals surface area (Å²) in [5, 5.41) is 0. The van der Waals surface area contributed by atoms with Crippen LogP contribution in [0.5, 0.6) is 0 Å². The van der Waals surface area contributed by atoms with E-state index in [2.05, 4.69) is 17.1 Å². The van der Waals surface area contributed by atoms with Gasteiger partial charge in [-0.25, -0.2) is 4.98 Å². The number of benzene rings is 1. The normalized spacial score (nSPS) is 14.9. The second kappa shape index (κ2) is 6.48.